The van der Waals surface area contributed by atoms with Crippen molar-refractivity contribution in [1.29, 1.82) is 0 Å². The molecule has 5 aliphatic heterocycles. The van der Waals surface area contributed by atoms with E-state index in [0.29, 0.717) is 57.8 Å². The van der Waals surface area contributed by atoms with Crippen molar-refractivity contribution >= 4 is 29.6 Å². The zero-order chi connectivity index (χ0) is 49.1. The fraction of sp³-hybridized carbons (Fsp3) is 0.736. The standard InChI is InChI=1S/C53H80N2O12/c1-12-39(49(60)55-54-44(57)23-21-38-18-16-15-17-19-38)41-22-20-31(4)47(64-41)35(8)45(58)34(7)46(59)40(13-2)48-32(5)30-33(6)52(65-48)27-25-43(63-37(10)56)53(67-52)29-28-50(11,66-53)42-24-26-51(61,14-3)36(9)62-42/h15-19,21,23,25,27,31-36,39-43,45,47-48,58,61H,12-14,20,22,24,26,28-30H2,1-11H3,(H,54,57)(H,55,60)/b23-21+/t31-,32-,33+,34-,35-,36-,39?,40-,41+,42+,43+,45+,47+,48-,50-,51+,52-,53-/m0/s1. The van der Waals surface area contributed by atoms with Crippen LogP contribution in [0.25, 0.3) is 6.08 Å². The van der Waals surface area contributed by atoms with Gasteiger partial charge in [-0.15, -0.1) is 0 Å². The summed E-state index contributed by atoms with van der Waals surface area (Å²) < 4.78 is 40.3. The van der Waals surface area contributed by atoms with E-state index in [1.54, 1.807) is 13.0 Å². The molecule has 4 saturated heterocycles. The number of Topliss-reactive ketones (excluding diaryl/α,β-unsaturated/α-hetero) is 1. The minimum absolute atomic E-state index is 0.0381. The highest BCUT2D eigenvalue weighted by atomic mass is 16.8. The van der Waals surface area contributed by atoms with E-state index in [9.17, 15) is 29.4 Å². The van der Waals surface area contributed by atoms with E-state index in [-0.39, 0.29) is 35.5 Å². The molecule has 1 aromatic rings. The summed E-state index contributed by atoms with van der Waals surface area (Å²) >= 11 is 0. The number of amides is 2. The van der Waals surface area contributed by atoms with Crippen LogP contribution in [-0.2, 0) is 47.6 Å². The Morgan fingerprint density at radius 1 is 0.881 bits per heavy atom. The number of hydrogen-bond acceptors (Lipinski definition) is 12. The molecular weight excluding hydrogens is 857 g/mol. The Morgan fingerprint density at radius 2 is 1.58 bits per heavy atom. The molecule has 4 N–H and O–H groups in total. The Morgan fingerprint density at radius 3 is 2.22 bits per heavy atom. The zero-order valence-electron chi connectivity index (χ0n) is 41.8. The van der Waals surface area contributed by atoms with Gasteiger partial charge in [-0.05, 0) is 107 Å². The normalized spacial score (nSPS) is 38.8. The van der Waals surface area contributed by atoms with Gasteiger partial charge in [0.25, 0.3) is 5.91 Å². The van der Waals surface area contributed by atoms with Crippen molar-refractivity contribution in [3.8, 4) is 0 Å². The van der Waals surface area contributed by atoms with Gasteiger partial charge in [0.2, 0.25) is 11.7 Å². The average molecular weight is 937 g/mol. The molecule has 5 heterocycles. The van der Waals surface area contributed by atoms with Gasteiger partial charge in [-0.2, -0.15) is 0 Å². The number of aliphatic hydroxyl groups excluding tert-OH is 1. The summed E-state index contributed by atoms with van der Waals surface area (Å²) in [6, 6.07) is 9.39. The fourth-order valence-corrected chi connectivity index (χ4v) is 11.8. The SMILES string of the molecule is CCC(C(=O)NNC(=O)/C=C/c1ccccc1)[C@H]1CC[C@H](C)[C@H]([C@@H](C)[C@H](O)[C@H](C)C(=O)[C@H](CC)[C@H]2O[C@]3(C=C[C@@H](OC(C)=O)[C@]4(CC[C@@](C)([C@H]5CC[C@](O)(CC)[C@H](C)O5)O4)O3)[C@H](C)C[C@@H]2C)O1. The lowest BCUT2D eigenvalue weighted by Gasteiger charge is -2.54. The Bertz CT molecular complexity index is 1950. The summed E-state index contributed by atoms with van der Waals surface area (Å²) in [4.78, 5) is 53.2. The van der Waals surface area contributed by atoms with Crippen molar-refractivity contribution in [3.63, 3.8) is 0 Å². The molecule has 0 bridgehead atoms. The molecule has 6 rings (SSSR count). The number of benzene rings is 1. The Labute approximate surface area is 398 Å². The van der Waals surface area contributed by atoms with Crippen LogP contribution in [-0.4, -0.2) is 99.3 Å². The number of hydrogen-bond donors (Lipinski definition) is 4. The average Bonchev–Trinajstić information content (AvgIpc) is 3.65. The summed E-state index contributed by atoms with van der Waals surface area (Å²) in [5.74, 6) is -6.59. The van der Waals surface area contributed by atoms with Gasteiger partial charge < -0.3 is 38.6 Å². The van der Waals surface area contributed by atoms with Crippen LogP contribution in [0.5, 0.6) is 0 Å². The van der Waals surface area contributed by atoms with Crippen LogP contribution < -0.4 is 10.9 Å². The highest BCUT2D eigenvalue weighted by molar-refractivity contribution is 5.93. The molecule has 1 unspecified atom stereocenters. The number of ketones is 1. The van der Waals surface area contributed by atoms with Crippen LogP contribution in [0.4, 0.5) is 0 Å². The molecule has 14 nitrogen and oxygen atoms in total. The third kappa shape index (κ3) is 11.3. The van der Waals surface area contributed by atoms with Crippen molar-refractivity contribution in [2.45, 2.75) is 206 Å². The number of nitrogens with one attached hydrogen (secondary N) is 2. The van der Waals surface area contributed by atoms with Gasteiger partial charge in [0.1, 0.15) is 5.78 Å². The number of rotatable bonds is 15. The van der Waals surface area contributed by atoms with E-state index in [4.69, 9.17) is 28.4 Å². The van der Waals surface area contributed by atoms with Gasteiger partial charge in [0, 0.05) is 43.1 Å². The first-order valence-electron chi connectivity index (χ1n) is 25.2. The Balaban J connectivity index is 1.13. The number of aliphatic hydroxyl groups is 2. The monoisotopic (exact) mass is 937 g/mol. The van der Waals surface area contributed by atoms with E-state index < -0.39 is 94.9 Å². The molecule has 18 atom stereocenters. The molecule has 2 amide bonds. The number of hydrazine groups is 1. The van der Waals surface area contributed by atoms with Gasteiger partial charge in [-0.3, -0.25) is 30.0 Å². The van der Waals surface area contributed by atoms with E-state index in [1.807, 2.05) is 84.0 Å². The molecule has 0 aromatic heterocycles. The quantitative estimate of drug-likeness (QED) is 0.0587. The lowest BCUT2D eigenvalue weighted by atomic mass is 9.72. The third-order valence-electron chi connectivity index (χ3n) is 16.3. The van der Waals surface area contributed by atoms with Gasteiger partial charge in [0.15, 0.2) is 11.9 Å². The van der Waals surface area contributed by atoms with Gasteiger partial charge in [-0.25, -0.2) is 0 Å². The summed E-state index contributed by atoms with van der Waals surface area (Å²) in [5.41, 5.74) is 4.19. The van der Waals surface area contributed by atoms with Crippen LogP contribution in [0, 0.1) is 41.4 Å². The molecule has 1 aromatic carbocycles. The lowest BCUT2D eigenvalue weighted by Crippen LogP contribution is -2.63. The van der Waals surface area contributed by atoms with Crippen molar-refractivity contribution in [3.05, 3.63) is 54.1 Å². The largest absolute Gasteiger partial charge is 0.453 e. The van der Waals surface area contributed by atoms with Crippen LogP contribution in [0.1, 0.15) is 146 Å². The summed E-state index contributed by atoms with van der Waals surface area (Å²) in [6.45, 7) is 21.0. The van der Waals surface area contributed by atoms with E-state index in [2.05, 4.69) is 31.6 Å². The highest BCUT2D eigenvalue weighted by Crippen LogP contribution is 2.54. The lowest BCUT2D eigenvalue weighted by molar-refractivity contribution is -0.409. The summed E-state index contributed by atoms with van der Waals surface area (Å²) in [7, 11) is 0. The maximum Gasteiger partial charge on any atom is 0.303 e. The summed E-state index contributed by atoms with van der Waals surface area (Å²) in [5, 5.41) is 23.2. The third-order valence-corrected chi connectivity index (χ3v) is 16.3. The van der Waals surface area contributed by atoms with Crippen molar-refractivity contribution in [2.24, 2.45) is 41.4 Å². The highest BCUT2D eigenvalue weighted by Gasteiger charge is 2.64. The molecule has 0 saturated carbocycles. The molecule has 2 spiro atoms. The van der Waals surface area contributed by atoms with E-state index in [1.165, 1.54) is 13.0 Å². The van der Waals surface area contributed by atoms with E-state index in [0.717, 1.165) is 12.0 Å². The first kappa shape index (κ1) is 52.9. The Hall–Kier alpha value is -3.50. The Kier molecular flexibility index (Phi) is 17.1. The van der Waals surface area contributed by atoms with E-state index >= 15 is 0 Å². The topological polar surface area (TPSA) is 188 Å². The van der Waals surface area contributed by atoms with Crippen LogP contribution >= 0.6 is 0 Å². The van der Waals surface area contributed by atoms with Gasteiger partial charge in [-0.1, -0.05) is 85.7 Å². The zero-order valence-corrected chi connectivity index (χ0v) is 41.8. The maximum atomic E-state index is 14.8. The van der Waals surface area contributed by atoms with Crippen LogP contribution in [0.15, 0.2) is 48.6 Å². The number of carbonyl (C=O) groups is 4. The van der Waals surface area contributed by atoms with Crippen molar-refractivity contribution < 1.29 is 57.8 Å². The molecule has 0 radical (unpaired) electrons. The van der Waals surface area contributed by atoms with Crippen molar-refractivity contribution in [1.82, 2.24) is 10.9 Å². The van der Waals surface area contributed by atoms with Crippen molar-refractivity contribution in [2.75, 3.05) is 0 Å². The first-order valence-corrected chi connectivity index (χ1v) is 25.2. The molecule has 374 valence electrons. The van der Waals surface area contributed by atoms with Crippen LogP contribution in [0.3, 0.4) is 0 Å². The summed E-state index contributed by atoms with van der Waals surface area (Å²) in [6.07, 6.45) is 8.27. The predicted octanol–water partition coefficient (Wildman–Crippen LogP) is 7.54. The smallest absolute Gasteiger partial charge is 0.303 e. The predicted molar refractivity (Wildman–Crippen MR) is 252 cm³/mol. The molecule has 4 fully saturated rings. The number of ether oxygens (including phenoxy) is 6. The minimum Gasteiger partial charge on any atom is -0.453 e. The second-order valence-electron chi connectivity index (χ2n) is 20.9. The number of carbonyl (C=O) groups excluding carboxylic acids is 4. The fourth-order valence-electron chi connectivity index (χ4n) is 11.8. The number of esters is 1. The molecule has 5 aliphatic rings. The minimum atomic E-state index is -1.40. The molecular formula is C53H80N2O12. The molecule has 0 aliphatic carbocycles. The molecule has 14 heteroatoms. The van der Waals surface area contributed by atoms with Gasteiger partial charge >= 0.3 is 5.97 Å². The second kappa shape index (κ2) is 21.6. The second-order valence-corrected chi connectivity index (χ2v) is 20.9. The van der Waals surface area contributed by atoms with Gasteiger partial charge in [0.05, 0.1) is 53.7 Å². The first-order chi connectivity index (χ1) is 31.6. The maximum absolute atomic E-state index is 14.8. The van der Waals surface area contributed by atoms with Crippen LogP contribution in [0.2, 0.25) is 0 Å². The molecule has 67 heavy (non-hydrogen) atoms.